The van der Waals surface area contributed by atoms with Crippen molar-refractivity contribution >= 4 is 0 Å². The molecule has 1 rings (SSSR count). The Kier molecular flexibility index (Phi) is 6.68. The van der Waals surface area contributed by atoms with Crippen LogP contribution in [0.15, 0.2) is 23.1 Å². The van der Waals surface area contributed by atoms with Gasteiger partial charge in [0, 0.05) is 44.6 Å². The van der Waals surface area contributed by atoms with Gasteiger partial charge in [-0.3, -0.25) is 4.79 Å². The summed E-state index contributed by atoms with van der Waals surface area (Å²) in [6.07, 6.45) is 3.76. The van der Waals surface area contributed by atoms with Gasteiger partial charge in [-0.25, -0.2) is 0 Å². The molecular weight excluding hydrogens is 228 g/mol. The van der Waals surface area contributed by atoms with Crippen LogP contribution in [-0.2, 0) is 17.8 Å². The molecule has 0 aliphatic carbocycles. The first kappa shape index (κ1) is 14.9. The second-order valence-corrected chi connectivity index (χ2v) is 4.57. The molecule has 0 aliphatic heterocycles. The second-order valence-electron chi connectivity index (χ2n) is 4.57. The molecule has 0 amide bonds. The zero-order valence-electron chi connectivity index (χ0n) is 11.6. The monoisotopic (exact) mass is 252 g/mol. The van der Waals surface area contributed by atoms with Gasteiger partial charge in [-0.05, 0) is 25.8 Å². The van der Waals surface area contributed by atoms with Crippen molar-refractivity contribution in [3.63, 3.8) is 0 Å². The van der Waals surface area contributed by atoms with Gasteiger partial charge >= 0.3 is 0 Å². The molecule has 0 aromatic carbocycles. The third-order valence-electron chi connectivity index (χ3n) is 3.10. The van der Waals surface area contributed by atoms with Crippen LogP contribution in [0.3, 0.4) is 0 Å². The number of aromatic nitrogens is 1. The molecule has 0 fully saturated rings. The normalized spacial score (nSPS) is 12.6. The Morgan fingerprint density at radius 1 is 1.50 bits per heavy atom. The lowest BCUT2D eigenvalue weighted by atomic mass is 10.2. The van der Waals surface area contributed by atoms with Crippen molar-refractivity contribution in [3.8, 4) is 0 Å². The van der Waals surface area contributed by atoms with Crippen LogP contribution in [0.2, 0.25) is 0 Å². The third-order valence-corrected chi connectivity index (χ3v) is 3.10. The van der Waals surface area contributed by atoms with Crippen molar-refractivity contribution in [2.75, 3.05) is 13.7 Å². The molecule has 0 bridgehead atoms. The summed E-state index contributed by atoms with van der Waals surface area (Å²) < 4.78 is 6.76. The summed E-state index contributed by atoms with van der Waals surface area (Å²) in [4.78, 5) is 12.1. The molecule has 0 spiro atoms. The maximum atomic E-state index is 12.1. The summed E-state index contributed by atoms with van der Waals surface area (Å²) >= 11 is 0. The van der Waals surface area contributed by atoms with E-state index in [2.05, 4.69) is 19.2 Å². The lowest BCUT2D eigenvalue weighted by Crippen LogP contribution is -2.30. The number of ether oxygens (including phenoxy) is 1. The van der Waals surface area contributed by atoms with Crippen LogP contribution in [0, 0.1) is 0 Å². The zero-order valence-corrected chi connectivity index (χ0v) is 11.6. The molecule has 0 saturated carbocycles. The molecule has 4 heteroatoms. The summed E-state index contributed by atoms with van der Waals surface area (Å²) in [5.41, 5.74) is 0.930. The SMILES string of the molecule is CCC(C)NCc1cccn(CCCOC)c1=O. The summed E-state index contributed by atoms with van der Waals surface area (Å²) in [5.74, 6) is 0. The number of rotatable bonds is 8. The predicted octanol–water partition coefficient (Wildman–Crippen LogP) is 1.77. The zero-order chi connectivity index (χ0) is 13.4. The molecule has 1 atom stereocenters. The highest BCUT2D eigenvalue weighted by molar-refractivity contribution is 5.10. The van der Waals surface area contributed by atoms with Crippen LogP contribution >= 0.6 is 0 Å². The van der Waals surface area contributed by atoms with Crippen molar-refractivity contribution < 1.29 is 4.74 Å². The fourth-order valence-electron chi connectivity index (χ4n) is 1.70. The highest BCUT2D eigenvalue weighted by Gasteiger charge is 2.04. The van der Waals surface area contributed by atoms with E-state index < -0.39 is 0 Å². The Morgan fingerprint density at radius 2 is 2.28 bits per heavy atom. The number of hydrogen-bond donors (Lipinski definition) is 1. The minimum absolute atomic E-state index is 0.101. The number of hydrogen-bond acceptors (Lipinski definition) is 3. The topological polar surface area (TPSA) is 43.3 Å². The van der Waals surface area contributed by atoms with Gasteiger partial charge in [0.2, 0.25) is 0 Å². The summed E-state index contributed by atoms with van der Waals surface area (Å²) in [5, 5.41) is 3.35. The van der Waals surface area contributed by atoms with E-state index in [-0.39, 0.29) is 5.56 Å². The summed E-state index contributed by atoms with van der Waals surface area (Å²) in [6, 6.07) is 4.26. The lowest BCUT2D eigenvalue weighted by Gasteiger charge is -2.12. The highest BCUT2D eigenvalue weighted by atomic mass is 16.5. The van der Waals surface area contributed by atoms with Crippen LogP contribution in [0.5, 0.6) is 0 Å². The van der Waals surface area contributed by atoms with Gasteiger partial charge in [0.15, 0.2) is 0 Å². The first-order valence-corrected chi connectivity index (χ1v) is 6.59. The maximum Gasteiger partial charge on any atom is 0.255 e. The number of methoxy groups -OCH3 is 1. The van der Waals surface area contributed by atoms with Crippen molar-refractivity contribution in [1.29, 1.82) is 0 Å². The number of pyridine rings is 1. The molecule has 1 N–H and O–H groups in total. The smallest absolute Gasteiger partial charge is 0.255 e. The van der Waals surface area contributed by atoms with Gasteiger partial charge in [-0.2, -0.15) is 0 Å². The predicted molar refractivity (Wildman–Crippen MR) is 73.8 cm³/mol. The number of aryl methyl sites for hydroxylation is 1. The minimum Gasteiger partial charge on any atom is -0.385 e. The van der Waals surface area contributed by atoms with E-state index in [0.29, 0.717) is 25.7 Å². The van der Waals surface area contributed by atoms with E-state index in [4.69, 9.17) is 4.74 Å². The van der Waals surface area contributed by atoms with Gasteiger partial charge in [0.05, 0.1) is 0 Å². The van der Waals surface area contributed by atoms with E-state index in [0.717, 1.165) is 18.4 Å². The van der Waals surface area contributed by atoms with E-state index in [1.54, 1.807) is 11.7 Å². The van der Waals surface area contributed by atoms with Crippen LogP contribution < -0.4 is 10.9 Å². The molecule has 1 aromatic heterocycles. The Labute approximate surface area is 109 Å². The maximum absolute atomic E-state index is 12.1. The van der Waals surface area contributed by atoms with E-state index in [9.17, 15) is 4.79 Å². The molecule has 0 saturated heterocycles. The first-order valence-electron chi connectivity index (χ1n) is 6.59. The van der Waals surface area contributed by atoms with E-state index >= 15 is 0 Å². The van der Waals surface area contributed by atoms with Gasteiger partial charge in [0.1, 0.15) is 0 Å². The standard InChI is InChI=1S/C14H24N2O2/c1-4-12(2)15-11-13-7-5-8-16(14(13)17)9-6-10-18-3/h5,7-8,12,15H,4,6,9-11H2,1-3H3. The molecule has 1 unspecified atom stereocenters. The fraction of sp³-hybridized carbons (Fsp3) is 0.643. The van der Waals surface area contributed by atoms with E-state index in [1.807, 2.05) is 18.3 Å². The molecule has 1 heterocycles. The van der Waals surface area contributed by atoms with Crippen LogP contribution in [0.25, 0.3) is 0 Å². The third kappa shape index (κ3) is 4.63. The van der Waals surface area contributed by atoms with E-state index in [1.165, 1.54) is 0 Å². The highest BCUT2D eigenvalue weighted by Crippen LogP contribution is 1.96. The largest absolute Gasteiger partial charge is 0.385 e. The lowest BCUT2D eigenvalue weighted by molar-refractivity contribution is 0.190. The minimum atomic E-state index is 0.101. The molecule has 18 heavy (non-hydrogen) atoms. The summed E-state index contributed by atoms with van der Waals surface area (Å²) in [6.45, 7) is 6.29. The molecular formula is C14H24N2O2. The Hall–Kier alpha value is -1.13. The Bertz CT molecular complexity index is 401. The first-order chi connectivity index (χ1) is 8.69. The molecule has 1 aromatic rings. The van der Waals surface area contributed by atoms with Crippen molar-refractivity contribution in [3.05, 3.63) is 34.2 Å². The fourth-order valence-corrected chi connectivity index (χ4v) is 1.70. The molecule has 4 nitrogen and oxygen atoms in total. The van der Waals surface area contributed by atoms with Gasteiger partial charge in [-0.15, -0.1) is 0 Å². The van der Waals surface area contributed by atoms with Crippen LogP contribution in [0.1, 0.15) is 32.3 Å². The Balaban J connectivity index is 2.63. The Morgan fingerprint density at radius 3 is 2.94 bits per heavy atom. The van der Waals surface area contributed by atoms with Gasteiger partial charge < -0.3 is 14.6 Å². The average molecular weight is 252 g/mol. The second kappa shape index (κ2) is 8.06. The van der Waals surface area contributed by atoms with Crippen LogP contribution in [-0.4, -0.2) is 24.3 Å². The van der Waals surface area contributed by atoms with Crippen molar-refractivity contribution in [2.45, 2.75) is 45.8 Å². The number of nitrogens with zero attached hydrogens (tertiary/aromatic N) is 1. The molecule has 102 valence electrons. The molecule has 0 radical (unpaired) electrons. The summed E-state index contributed by atoms with van der Waals surface area (Å²) in [7, 11) is 1.68. The van der Waals surface area contributed by atoms with Gasteiger partial charge in [-0.1, -0.05) is 13.0 Å². The quantitative estimate of drug-likeness (QED) is 0.717. The average Bonchev–Trinajstić information content (AvgIpc) is 2.39. The molecule has 0 aliphatic rings. The van der Waals surface area contributed by atoms with Crippen molar-refractivity contribution in [2.24, 2.45) is 0 Å². The van der Waals surface area contributed by atoms with Crippen LogP contribution in [0.4, 0.5) is 0 Å². The van der Waals surface area contributed by atoms with Crippen molar-refractivity contribution in [1.82, 2.24) is 9.88 Å². The number of nitrogens with one attached hydrogen (secondary N) is 1. The van der Waals surface area contributed by atoms with Gasteiger partial charge in [0.25, 0.3) is 5.56 Å².